The standard InChI is InChI=1S/CHF3.O/c2-1(3)4;/h1H;. The van der Waals surface area contributed by atoms with Crippen molar-refractivity contribution in [1.82, 2.24) is 0 Å². The Morgan fingerprint density at radius 3 is 1.00 bits per heavy atom. The van der Waals surface area contributed by atoms with Gasteiger partial charge in [-0.3, -0.25) is 0 Å². The third kappa shape index (κ3) is 184. The van der Waals surface area contributed by atoms with Gasteiger partial charge in [0.05, 0.1) is 0 Å². The molecule has 0 saturated heterocycles. The lowest BCUT2D eigenvalue weighted by atomic mass is 11.6. The smallest absolute Gasteiger partial charge is 0.174 e. The average molecular weight is 86.0 g/mol. The van der Waals surface area contributed by atoms with Gasteiger partial charge in [-0.2, -0.15) is 13.2 Å². The number of hydrogen-bond acceptors (Lipinski definition) is 0. The van der Waals surface area contributed by atoms with E-state index in [1.807, 2.05) is 0 Å². The van der Waals surface area contributed by atoms with Gasteiger partial charge in [0.1, 0.15) is 0 Å². The molecule has 0 heterocycles. The molecule has 0 aliphatic rings. The summed E-state index contributed by atoms with van der Waals surface area (Å²) < 4.78 is 29.0. The van der Waals surface area contributed by atoms with Gasteiger partial charge in [0.25, 0.3) is 0 Å². The third-order valence-corrected chi connectivity index (χ3v) is 0. The number of halogens is 3. The van der Waals surface area contributed by atoms with Crippen molar-refractivity contribution in [3.05, 3.63) is 0 Å². The average Bonchev–Trinajstić information content (AvgIpc) is 0.811. The molecule has 0 fully saturated rings. The second-order valence-corrected chi connectivity index (χ2v) is 0.247. The minimum absolute atomic E-state index is 0. The van der Waals surface area contributed by atoms with Gasteiger partial charge >= 0.3 is 6.68 Å². The number of rotatable bonds is 0. The first-order valence-corrected chi connectivity index (χ1v) is 0.655. The Labute approximate surface area is 26.7 Å². The van der Waals surface area contributed by atoms with Crippen LogP contribution in [0.15, 0.2) is 0 Å². The molecule has 0 N–H and O–H groups in total. The third-order valence-electron chi connectivity index (χ3n) is 0. The first-order valence-electron chi connectivity index (χ1n) is 0.655. The molecule has 0 saturated carbocycles. The van der Waals surface area contributed by atoms with Gasteiger partial charge in [0.2, 0.25) is 0 Å². The summed E-state index contributed by atoms with van der Waals surface area (Å²) in [6, 6.07) is 0. The van der Waals surface area contributed by atoms with Gasteiger partial charge in [-0.15, -0.1) is 0 Å². The van der Waals surface area contributed by atoms with Crippen LogP contribution in [0.1, 0.15) is 0 Å². The molecule has 5 heavy (non-hydrogen) atoms. The number of hydrogen-bond donors (Lipinski definition) is 0. The molecule has 0 aromatic heterocycles. The van der Waals surface area contributed by atoms with E-state index in [0.717, 1.165) is 0 Å². The summed E-state index contributed by atoms with van der Waals surface area (Å²) in [5, 5.41) is 0. The van der Waals surface area contributed by atoms with Crippen LogP contribution in [0.25, 0.3) is 0 Å². The van der Waals surface area contributed by atoms with Crippen LogP contribution < -0.4 is 0 Å². The summed E-state index contributed by atoms with van der Waals surface area (Å²) in [4.78, 5) is 0. The first kappa shape index (κ1) is 8.83. The Bertz CT molecular complexity index is 11.6. The van der Waals surface area contributed by atoms with Gasteiger partial charge in [-0.05, 0) is 0 Å². The summed E-state index contributed by atoms with van der Waals surface area (Å²) in [7, 11) is 0. The van der Waals surface area contributed by atoms with E-state index in [4.69, 9.17) is 0 Å². The Morgan fingerprint density at radius 2 is 1.00 bits per heavy atom. The molecule has 32 valence electrons. The highest BCUT2D eigenvalue weighted by atomic mass is 19.4. The predicted molar refractivity (Wildman–Crippen MR) is 7.80 cm³/mol. The lowest BCUT2D eigenvalue weighted by Gasteiger charge is -1.65. The number of alkyl halides is 3. The summed E-state index contributed by atoms with van der Waals surface area (Å²) in [6.07, 6.45) is 0. The molecule has 0 rings (SSSR count). The van der Waals surface area contributed by atoms with Crippen molar-refractivity contribution >= 4 is 0 Å². The fraction of sp³-hybridized carbons (Fsp3) is 1.00. The molecule has 0 unspecified atom stereocenters. The maximum Gasteiger partial charge on any atom is 0.379 e. The van der Waals surface area contributed by atoms with E-state index in [1.165, 1.54) is 0 Å². The van der Waals surface area contributed by atoms with Crippen molar-refractivity contribution in [3.8, 4) is 0 Å². The Hall–Kier alpha value is -0.250. The minimum atomic E-state index is -3.67. The molecule has 0 aromatic carbocycles. The molecule has 0 aliphatic carbocycles. The van der Waals surface area contributed by atoms with Gasteiger partial charge < -0.3 is 0 Å². The SMILES string of the molecule is FC(F)F.[O]. The molecule has 0 aromatic rings. The van der Waals surface area contributed by atoms with E-state index in [9.17, 15) is 13.2 Å². The lowest BCUT2D eigenvalue weighted by Crippen LogP contribution is -1.65. The summed E-state index contributed by atoms with van der Waals surface area (Å²) in [5.74, 6) is 0. The summed E-state index contributed by atoms with van der Waals surface area (Å²) in [6.45, 7) is -3.67. The van der Waals surface area contributed by atoms with Crippen molar-refractivity contribution in [2.24, 2.45) is 0 Å². The molecule has 1 nitrogen and oxygen atoms in total. The quantitative estimate of drug-likeness (QED) is 0.421. The largest absolute Gasteiger partial charge is 0.379 e. The maximum atomic E-state index is 9.67. The highest BCUT2D eigenvalue weighted by Gasteiger charge is 1.86. The normalized spacial score (nSPS) is 7.20. The zero-order valence-electron chi connectivity index (χ0n) is 2.12. The zero-order valence-corrected chi connectivity index (χ0v) is 2.12. The molecule has 0 bridgehead atoms. The van der Waals surface area contributed by atoms with Gasteiger partial charge in [-0.1, -0.05) is 0 Å². The Balaban J connectivity index is 0. The molecule has 0 atom stereocenters. The molecule has 0 spiro atoms. The topological polar surface area (TPSA) is 28.5 Å². The predicted octanol–water partition coefficient (Wildman–Crippen LogP) is 1.06. The highest BCUT2D eigenvalue weighted by molar-refractivity contribution is 3.83. The Kier molecular flexibility index (Phi) is 6.62. The first-order chi connectivity index (χ1) is 1.73. The van der Waals surface area contributed by atoms with Crippen molar-refractivity contribution in [1.29, 1.82) is 0 Å². The summed E-state index contributed by atoms with van der Waals surface area (Å²) in [5.41, 5.74) is 0. The van der Waals surface area contributed by atoms with Crippen LogP contribution in [-0.4, -0.2) is 6.68 Å². The fourth-order valence-electron chi connectivity index (χ4n) is 0. The van der Waals surface area contributed by atoms with Gasteiger partial charge in [0, 0.05) is 5.48 Å². The van der Waals surface area contributed by atoms with Crippen LogP contribution in [0.5, 0.6) is 0 Å². The van der Waals surface area contributed by atoms with Crippen LogP contribution in [0.2, 0.25) is 0 Å². The van der Waals surface area contributed by atoms with E-state index < -0.39 is 6.68 Å². The van der Waals surface area contributed by atoms with E-state index in [2.05, 4.69) is 0 Å². The maximum absolute atomic E-state index is 9.67. The highest BCUT2D eigenvalue weighted by Crippen LogP contribution is 1.87. The zero-order chi connectivity index (χ0) is 3.58. The monoisotopic (exact) mass is 86.0 g/mol. The lowest BCUT2D eigenvalue weighted by molar-refractivity contribution is 0.00819. The van der Waals surface area contributed by atoms with Crippen LogP contribution in [0.3, 0.4) is 0 Å². The summed E-state index contributed by atoms with van der Waals surface area (Å²) >= 11 is 0. The Morgan fingerprint density at radius 1 is 1.00 bits per heavy atom. The van der Waals surface area contributed by atoms with Crippen LogP contribution in [0, 0.1) is 0 Å². The van der Waals surface area contributed by atoms with Crippen LogP contribution in [0.4, 0.5) is 13.2 Å². The van der Waals surface area contributed by atoms with Crippen molar-refractivity contribution < 1.29 is 18.6 Å². The molecular weight excluding hydrogens is 85.0 g/mol. The fourth-order valence-corrected chi connectivity index (χ4v) is 0. The van der Waals surface area contributed by atoms with E-state index in [0.29, 0.717) is 0 Å². The van der Waals surface area contributed by atoms with Gasteiger partial charge in [-0.25, -0.2) is 0 Å². The van der Waals surface area contributed by atoms with Crippen molar-refractivity contribution in [2.75, 3.05) is 0 Å². The van der Waals surface area contributed by atoms with E-state index in [1.54, 1.807) is 0 Å². The molecule has 0 amide bonds. The van der Waals surface area contributed by atoms with Crippen LogP contribution >= 0.6 is 0 Å². The molecular formula is CHF3O. The van der Waals surface area contributed by atoms with E-state index in [-0.39, 0.29) is 5.48 Å². The minimum Gasteiger partial charge on any atom is -0.174 e. The molecule has 4 heteroatoms. The van der Waals surface area contributed by atoms with Crippen molar-refractivity contribution in [3.63, 3.8) is 0 Å². The second kappa shape index (κ2) is 3.75. The van der Waals surface area contributed by atoms with E-state index >= 15 is 0 Å². The van der Waals surface area contributed by atoms with Crippen molar-refractivity contribution in [2.45, 2.75) is 6.68 Å². The molecule has 2 radical (unpaired) electrons. The molecule has 0 aliphatic heterocycles. The second-order valence-electron chi connectivity index (χ2n) is 0.247. The van der Waals surface area contributed by atoms with Crippen LogP contribution in [-0.2, 0) is 5.48 Å². The van der Waals surface area contributed by atoms with Gasteiger partial charge in [0.15, 0.2) is 0 Å².